The van der Waals surface area contributed by atoms with E-state index >= 15 is 0 Å². The van der Waals surface area contributed by atoms with Crippen molar-refractivity contribution in [1.29, 1.82) is 0 Å². The van der Waals surface area contributed by atoms with Gasteiger partial charge in [-0.3, -0.25) is 4.79 Å². The summed E-state index contributed by atoms with van der Waals surface area (Å²) in [5, 5.41) is 4.12. The van der Waals surface area contributed by atoms with E-state index in [0.717, 1.165) is 5.01 Å². The lowest BCUT2D eigenvalue weighted by Crippen LogP contribution is -2.30. The number of benzene rings is 1. The molecule has 1 heterocycles. The Morgan fingerprint density at radius 1 is 1.30 bits per heavy atom. The maximum Gasteiger partial charge on any atom is 0.351 e. The fourth-order valence-electron chi connectivity index (χ4n) is 1.82. The highest BCUT2D eigenvalue weighted by Gasteiger charge is 2.22. The summed E-state index contributed by atoms with van der Waals surface area (Å²) in [6.07, 6.45) is -0.987. The number of esters is 1. The van der Waals surface area contributed by atoms with Gasteiger partial charge >= 0.3 is 5.97 Å². The molecule has 0 saturated heterocycles. The van der Waals surface area contributed by atoms with Crippen molar-refractivity contribution in [1.82, 2.24) is 4.98 Å². The van der Waals surface area contributed by atoms with Crippen LogP contribution in [0.2, 0.25) is 10.0 Å². The molecule has 0 spiro atoms. The average Bonchev–Trinajstić information content (AvgIpc) is 2.81. The van der Waals surface area contributed by atoms with Gasteiger partial charge < -0.3 is 10.1 Å². The van der Waals surface area contributed by atoms with Crippen molar-refractivity contribution in [2.24, 2.45) is 0 Å². The first-order valence-corrected chi connectivity index (χ1v) is 8.26. The monoisotopic (exact) mass is 372 g/mol. The highest BCUT2D eigenvalue weighted by Crippen LogP contribution is 2.26. The number of nitrogens with one attached hydrogen (secondary N) is 1. The van der Waals surface area contributed by atoms with Gasteiger partial charge in [-0.15, -0.1) is 11.3 Å². The average molecular weight is 373 g/mol. The highest BCUT2D eigenvalue weighted by atomic mass is 35.5. The number of halogens is 2. The third kappa shape index (κ3) is 4.43. The van der Waals surface area contributed by atoms with Crippen LogP contribution in [-0.2, 0) is 9.53 Å². The molecule has 2 aromatic rings. The van der Waals surface area contributed by atoms with E-state index < -0.39 is 18.0 Å². The number of ether oxygens (including phenoxy) is 1. The summed E-state index contributed by atoms with van der Waals surface area (Å²) in [4.78, 5) is 28.8. The van der Waals surface area contributed by atoms with E-state index in [4.69, 9.17) is 27.9 Å². The number of aryl methyl sites for hydroxylation is 2. The number of aromatic nitrogens is 1. The van der Waals surface area contributed by atoms with Gasteiger partial charge in [0.2, 0.25) is 0 Å². The Morgan fingerprint density at radius 2 is 2.00 bits per heavy atom. The minimum absolute atomic E-state index is 0.343. The summed E-state index contributed by atoms with van der Waals surface area (Å²) in [5.41, 5.74) is 0.944. The van der Waals surface area contributed by atoms with Crippen LogP contribution in [0.15, 0.2) is 18.2 Å². The molecule has 122 valence electrons. The van der Waals surface area contributed by atoms with Crippen molar-refractivity contribution >= 4 is 52.1 Å². The fourth-order valence-corrected chi connectivity index (χ4v) is 2.96. The van der Waals surface area contributed by atoms with Crippen LogP contribution in [0.5, 0.6) is 0 Å². The van der Waals surface area contributed by atoms with E-state index in [1.165, 1.54) is 24.3 Å². The molecule has 0 radical (unpaired) electrons. The maximum atomic E-state index is 12.1. The molecule has 2 rings (SSSR count). The lowest BCUT2D eigenvalue weighted by Gasteiger charge is -2.14. The van der Waals surface area contributed by atoms with Crippen molar-refractivity contribution in [3.8, 4) is 0 Å². The number of rotatable bonds is 4. The molecule has 0 saturated carbocycles. The Hall–Kier alpha value is -1.63. The van der Waals surface area contributed by atoms with Crippen LogP contribution in [0.1, 0.15) is 27.3 Å². The van der Waals surface area contributed by atoms with Crippen LogP contribution in [0.25, 0.3) is 0 Å². The van der Waals surface area contributed by atoms with Crippen LogP contribution in [0, 0.1) is 13.8 Å². The van der Waals surface area contributed by atoms with Crippen LogP contribution in [0.4, 0.5) is 5.69 Å². The normalized spacial score (nSPS) is 11.9. The summed E-state index contributed by atoms with van der Waals surface area (Å²) in [6.45, 7) is 5.00. The van der Waals surface area contributed by atoms with Crippen LogP contribution >= 0.6 is 34.5 Å². The van der Waals surface area contributed by atoms with Gasteiger partial charge in [-0.25, -0.2) is 9.78 Å². The first kappa shape index (κ1) is 17.7. The van der Waals surface area contributed by atoms with Crippen molar-refractivity contribution < 1.29 is 14.3 Å². The van der Waals surface area contributed by atoms with Crippen LogP contribution in [0.3, 0.4) is 0 Å². The van der Waals surface area contributed by atoms with E-state index in [-0.39, 0.29) is 0 Å². The molecule has 0 aliphatic rings. The Labute approximate surface area is 147 Å². The first-order valence-electron chi connectivity index (χ1n) is 6.69. The molecule has 0 fully saturated rings. The number of carbonyl (C=O) groups is 2. The number of hydrogen-bond acceptors (Lipinski definition) is 5. The molecule has 1 N–H and O–H groups in total. The Bertz CT molecular complexity index is 761. The molecule has 23 heavy (non-hydrogen) atoms. The van der Waals surface area contributed by atoms with Crippen LogP contribution in [-0.4, -0.2) is 23.0 Å². The third-order valence-electron chi connectivity index (χ3n) is 2.93. The summed E-state index contributed by atoms with van der Waals surface area (Å²) < 4.78 is 5.18. The van der Waals surface area contributed by atoms with Crippen molar-refractivity contribution in [2.75, 3.05) is 5.32 Å². The molecule has 0 bridgehead atoms. The van der Waals surface area contributed by atoms with Gasteiger partial charge in [-0.05, 0) is 39.0 Å². The van der Waals surface area contributed by atoms with Gasteiger partial charge in [0.05, 0.1) is 21.4 Å². The summed E-state index contributed by atoms with van der Waals surface area (Å²) in [6, 6.07) is 4.70. The van der Waals surface area contributed by atoms with Gasteiger partial charge in [0.1, 0.15) is 4.88 Å². The number of carbonyl (C=O) groups excluding carboxylic acids is 2. The molecule has 1 atom stereocenters. The van der Waals surface area contributed by atoms with Crippen molar-refractivity contribution in [3.63, 3.8) is 0 Å². The standard InChI is InChI=1S/C15H14Cl2N2O3S/c1-7-13(23-9(3)18-7)15(21)22-8(2)14(20)19-12-6-10(16)4-5-11(12)17/h4-6,8H,1-3H3,(H,19,20)/t8-/m0/s1. The second-order valence-electron chi connectivity index (χ2n) is 4.81. The molecular formula is C15H14Cl2N2O3S. The minimum atomic E-state index is -0.987. The third-order valence-corrected chi connectivity index (χ3v) is 4.55. The van der Waals surface area contributed by atoms with E-state index in [2.05, 4.69) is 10.3 Å². The summed E-state index contributed by atoms with van der Waals surface area (Å²) in [7, 11) is 0. The molecule has 1 amide bonds. The molecule has 0 unspecified atom stereocenters. The van der Waals surface area contributed by atoms with E-state index in [9.17, 15) is 9.59 Å². The van der Waals surface area contributed by atoms with E-state index in [0.29, 0.717) is 26.3 Å². The number of anilines is 1. The molecule has 1 aromatic carbocycles. The summed E-state index contributed by atoms with van der Waals surface area (Å²) in [5.74, 6) is -1.07. The quantitative estimate of drug-likeness (QED) is 0.814. The molecule has 8 heteroatoms. The maximum absolute atomic E-state index is 12.1. The highest BCUT2D eigenvalue weighted by molar-refractivity contribution is 7.13. The van der Waals surface area contributed by atoms with Gasteiger partial charge in [0.15, 0.2) is 6.10 Å². The van der Waals surface area contributed by atoms with Crippen molar-refractivity contribution in [2.45, 2.75) is 26.9 Å². The first-order chi connectivity index (χ1) is 10.8. The zero-order chi connectivity index (χ0) is 17.1. The number of nitrogens with zero attached hydrogens (tertiary/aromatic N) is 1. The molecular weight excluding hydrogens is 359 g/mol. The second kappa shape index (κ2) is 7.29. The molecule has 1 aromatic heterocycles. The van der Waals surface area contributed by atoms with Gasteiger partial charge in [0, 0.05) is 5.02 Å². The Balaban J connectivity index is 2.04. The smallest absolute Gasteiger partial charge is 0.351 e. The Morgan fingerprint density at radius 3 is 2.61 bits per heavy atom. The Kier molecular flexibility index (Phi) is 5.62. The van der Waals surface area contributed by atoms with Gasteiger partial charge in [-0.2, -0.15) is 0 Å². The predicted octanol–water partition coefficient (Wildman–Crippen LogP) is 4.25. The lowest BCUT2D eigenvalue weighted by atomic mass is 10.3. The SMILES string of the molecule is Cc1nc(C)c(C(=O)O[C@@H](C)C(=O)Nc2cc(Cl)ccc2Cl)s1. The van der Waals surface area contributed by atoms with E-state index in [1.54, 1.807) is 26.0 Å². The zero-order valence-electron chi connectivity index (χ0n) is 12.6. The topological polar surface area (TPSA) is 68.3 Å². The molecule has 0 aliphatic heterocycles. The zero-order valence-corrected chi connectivity index (χ0v) is 15.0. The molecule has 0 aliphatic carbocycles. The summed E-state index contributed by atoms with van der Waals surface area (Å²) >= 11 is 13.1. The number of amides is 1. The number of thiazole rings is 1. The molecule has 5 nitrogen and oxygen atoms in total. The fraction of sp³-hybridized carbons (Fsp3) is 0.267. The van der Waals surface area contributed by atoms with Gasteiger partial charge in [-0.1, -0.05) is 23.2 Å². The number of hydrogen-bond donors (Lipinski definition) is 1. The van der Waals surface area contributed by atoms with Crippen LogP contribution < -0.4 is 5.32 Å². The van der Waals surface area contributed by atoms with E-state index in [1.807, 2.05) is 0 Å². The minimum Gasteiger partial charge on any atom is -0.448 e. The van der Waals surface area contributed by atoms with Crippen molar-refractivity contribution in [3.05, 3.63) is 43.8 Å². The second-order valence-corrected chi connectivity index (χ2v) is 6.86. The largest absolute Gasteiger partial charge is 0.448 e. The lowest BCUT2D eigenvalue weighted by molar-refractivity contribution is -0.123. The van der Waals surface area contributed by atoms with Gasteiger partial charge in [0.25, 0.3) is 5.91 Å². The predicted molar refractivity (Wildman–Crippen MR) is 91.6 cm³/mol.